The number of halogens is 3. The highest BCUT2D eigenvalue weighted by molar-refractivity contribution is 7.93. The molecule has 0 fully saturated rings. The molecule has 10 heteroatoms. The van der Waals surface area contributed by atoms with E-state index in [0.717, 1.165) is 11.2 Å². The maximum absolute atomic E-state index is 12.2. The molecule has 1 N–H and O–H groups in total. The van der Waals surface area contributed by atoms with Crippen LogP contribution in [-0.4, -0.2) is 39.3 Å². The SMILES string of the molecule is CC(C)(C)N(C(=O)O)c1ccc(S(C)(=O)=NC(=O)C(F)(F)F)cc1. The molecule has 24 heavy (non-hydrogen) atoms. The molecule has 6 nitrogen and oxygen atoms in total. The summed E-state index contributed by atoms with van der Waals surface area (Å²) in [5.74, 6) is -2.43. The van der Waals surface area contributed by atoms with Crippen LogP contribution >= 0.6 is 0 Å². The van der Waals surface area contributed by atoms with Gasteiger partial charge in [-0.2, -0.15) is 13.2 Å². The number of rotatable bonds is 2. The smallest absolute Gasteiger partial charge is 0.465 e. The summed E-state index contributed by atoms with van der Waals surface area (Å²) < 4.78 is 51.7. The molecule has 0 bridgehead atoms. The van der Waals surface area contributed by atoms with E-state index >= 15 is 0 Å². The molecule has 0 saturated heterocycles. The predicted molar refractivity (Wildman–Crippen MR) is 82.5 cm³/mol. The largest absolute Gasteiger partial charge is 0.474 e. The zero-order valence-electron chi connectivity index (χ0n) is 13.4. The van der Waals surface area contributed by atoms with E-state index in [1.54, 1.807) is 20.8 Å². The Morgan fingerprint density at radius 3 is 1.92 bits per heavy atom. The highest BCUT2D eigenvalue weighted by atomic mass is 32.2. The second-order valence-corrected chi connectivity index (χ2v) is 8.24. The van der Waals surface area contributed by atoms with Gasteiger partial charge in [-0.15, -0.1) is 4.36 Å². The van der Waals surface area contributed by atoms with Crippen molar-refractivity contribution in [1.29, 1.82) is 0 Å². The Balaban J connectivity index is 3.29. The van der Waals surface area contributed by atoms with Gasteiger partial charge in [0.2, 0.25) is 0 Å². The van der Waals surface area contributed by atoms with Crippen molar-refractivity contribution in [3.8, 4) is 0 Å². The maximum atomic E-state index is 12.2. The highest BCUT2D eigenvalue weighted by Gasteiger charge is 2.39. The van der Waals surface area contributed by atoms with Crippen LogP contribution in [0.15, 0.2) is 33.5 Å². The Morgan fingerprint density at radius 2 is 1.58 bits per heavy atom. The second kappa shape index (κ2) is 6.42. The maximum Gasteiger partial charge on any atom is 0.474 e. The molecular weight excluding hydrogens is 349 g/mol. The standard InChI is InChI=1S/C14H17F3N2O4S/c1-13(2,3)19(12(21)22)9-5-7-10(8-6-9)24(4,23)18-11(20)14(15,16)17/h5-8H,1-4H3,(H,21,22). The molecule has 0 aliphatic carbocycles. The number of anilines is 1. The van der Waals surface area contributed by atoms with E-state index in [1.165, 1.54) is 24.3 Å². The van der Waals surface area contributed by atoms with E-state index < -0.39 is 33.4 Å². The van der Waals surface area contributed by atoms with Crippen LogP contribution in [0.2, 0.25) is 0 Å². The van der Waals surface area contributed by atoms with Crippen LogP contribution in [0.4, 0.5) is 23.7 Å². The van der Waals surface area contributed by atoms with Crippen molar-refractivity contribution in [1.82, 2.24) is 0 Å². The molecule has 1 rings (SSSR count). The third-order valence-corrected chi connectivity index (χ3v) is 4.56. The van der Waals surface area contributed by atoms with E-state index in [1.807, 2.05) is 0 Å². The van der Waals surface area contributed by atoms with Gasteiger partial charge in [0.1, 0.15) is 0 Å². The first-order valence-corrected chi connectivity index (χ1v) is 8.55. The number of hydrogen-bond donors (Lipinski definition) is 1. The van der Waals surface area contributed by atoms with Crippen LogP contribution in [0.5, 0.6) is 0 Å². The Labute approximate surface area is 137 Å². The minimum Gasteiger partial charge on any atom is -0.465 e. The molecular formula is C14H17F3N2O4S. The summed E-state index contributed by atoms with van der Waals surface area (Å²) in [6, 6.07) is 4.97. The molecule has 0 heterocycles. The zero-order chi connectivity index (χ0) is 18.9. The van der Waals surface area contributed by atoms with Gasteiger partial charge in [0.15, 0.2) is 0 Å². The van der Waals surface area contributed by atoms with E-state index in [2.05, 4.69) is 4.36 Å². The number of carboxylic acid groups (broad SMARTS) is 1. The number of carbonyl (C=O) groups excluding carboxylic acids is 1. The summed E-state index contributed by atoms with van der Waals surface area (Å²) in [6.45, 7) is 4.99. The second-order valence-electron chi connectivity index (χ2n) is 5.98. The quantitative estimate of drug-likeness (QED) is 0.868. The molecule has 1 atom stereocenters. The van der Waals surface area contributed by atoms with E-state index in [-0.39, 0.29) is 10.6 Å². The number of carbonyl (C=O) groups is 2. The Morgan fingerprint density at radius 1 is 1.12 bits per heavy atom. The molecule has 1 aromatic rings. The van der Waals surface area contributed by atoms with Crippen molar-refractivity contribution >= 4 is 27.4 Å². The molecule has 0 saturated carbocycles. The fraction of sp³-hybridized carbons (Fsp3) is 0.429. The first-order chi connectivity index (χ1) is 10.7. The summed E-state index contributed by atoms with van der Waals surface area (Å²) in [4.78, 5) is 23.2. The van der Waals surface area contributed by atoms with Crippen molar-refractivity contribution in [2.45, 2.75) is 37.4 Å². The van der Waals surface area contributed by atoms with E-state index in [0.29, 0.717) is 0 Å². The number of hydrogen-bond acceptors (Lipinski definition) is 3. The van der Waals surface area contributed by atoms with Gasteiger partial charge in [0.25, 0.3) is 0 Å². The lowest BCUT2D eigenvalue weighted by Gasteiger charge is -2.33. The molecule has 2 amide bonds. The van der Waals surface area contributed by atoms with Gasteiger partial charge in [-0.3, -0.25) is 9.69 Å². The van der Waals surface area contributed by atoms with Gasteiger partial charge in [-0.05, 0) is 45.0 Å². The van der Waals surface area contributed by atoms with Crippen LogP contribution < -0.4 is 4.90 Å². The van der Waals surface area contributed by atoms with Crippen LogP contribution in [0.3, 0.4) is 0 Å². The average Bonchev–Trinajstić information content (AvgIpc) is 2.35. The molecule has 0 aliphatic rings. The molecule has 0 radical (unpaired) electrons. The Hall–Kier alpha value is -2.10. The van der Waals surface area contributed by atoms with Crippen molar-refractivity contribution in [3.05, 3.63) is 24.3 Å². The van der Waals surface area contributed by atoms with Gasteiger partial charge in [-0.1, -0.05) is 0 Å². The molecule has 0 aromatic heterocycles. The van der Waals surface area contributed by atoms with Crippen molar-refractivity contribution in [2.75, 3.05) is 11.2 Å². The average molecular weight is 366 g/mol. The van der Waals surface area contributed by atoms with Crippen molar-refractivity contribution in [3.63, 3.8) is 0 Å². The first kappa shape index (κ1) is 19.9. The minimum absolute atomic E-state index is 0.108. The van der Waals surface area contributed by atoms with E-state index in [9.17, 15) is 32.1 Å². The minimum atomic E-state index is -5.20. The van der Waals surface area contributed by atoms with Crippen molar-refractivity contribution < 1.29 is 32.1 Å². The molecule has 0 spiro atoms. The lowest BCUT2D eigenvalue weighted by Crippen LogP contribution is -2.45. The molecule has 0 aliphatic heterocycles. The summed E-state index contributed by atoms with van der Waals surface area (Å²) in [7, 11) is -3.60. The summed E-state index contributed by atoms with van der Waals surface area (Å²) >= 11 is 0. The summed E-state index contributed by atoms with van der Waals surface area (Å²) in [5.41, 5.74) is -0.520. The summed E-state index contributed by atoms with van der Waals surface area (Å²) in [5, 5.41) is 9.28. The Bertz CT molecular complexity index is 758. The summed E-state index contributed by atoms with van der Waals surface area (Å²) in [6.07, 6.45) is -5.51. The number of nitrogens with zero attached hydrogens (tertiary/aromatic N) is 2. The number of alkyl halides is 3. The topological polar surface area (TPSA) is 87.0 Å². The van der Waals surface area contributed by atoms with Crippen LogP contribution in [0, 0.1) is 0 Å². The number of benzene rings is 1. The monoisotopic (exact) mass is 366 g/mol. The van der Waals surface area contributed by atoms with Gasteiger partial charge in [0.05, 0.1) is 9.73 Å². The third kappa shape index (κ3) is 4.70. The normalized spacial score (nSPS) is 14.6. The molecule has 1 unspecified atom stereocenters. The fourth-order valence-corrected chi connectivity index (χ4v) is 3.06. The highest BCUT2D eigenvalue weighted by Crippen LogP contribution is 2.26. The van der Waals surface area contributed by atoms with Gasteiger partial charge in [0, 0.05) is 22.4 Å². The number of amides is 2. The lowest BCUT2D eigenvalue weighted by atomic mass is 10.1. The Kier molecular flexibility index (Phi) is 5.34. The van der Waals surface area contributed by atoms with Crippen LogP contribution in [0.1, 0.15) is 20.8 Å². The lowest BCUT2D eigenvalue weighted by molar-refractivity contribution is -0.169. The fourth-order valence-electron chi connectivity index (χ4n) is 1.90. The van der Waals surface area contributed by atoms with Gasteiger partial charge < -0.3 is 5.11 Å². The van der Waals surface area contributed by atoms with E-state index in [4.69, 9.17) is 0 Å². The van der Waals surface area contributed by atoms with Crippen LogP contribution in [0.25, 0.3) is 0 Å². The van der Waals surface area contributed by atoms with Gasteiger partial charge in [-0.25, -0.2) is 9.00 Å². The van der Waals surface area contributed by atoms with Gasteiger partial charge >= 0.3 is 18.2 Å². The predicted octanol–water partition coefficient (Wildman–Crippen LogP) is 3.52. The molecule has 1 aromatic carbocycles. The zero-order valence-corrected chi connectivity index (χ0v) is 14.2. The third-order valence-electron chi connectivity index (χ3n) is 2.89. The molecule has 134 valence electrons. The van der Waals surface area contributed by atoms with Crippen LogP contribution in [-0.2, 0) is 14.5 Å². The van der Waals surface area contributed by atoms with Crippen molar-refractivity contribution in [2.24, 2.45) is 4.36 Å². The first-order valence-electron chi connectivity index (χ1n) is 6.63.